The minimum absolute atomic E-state index is 0.454. The van der Waals surface area contributed by atoms with E-state index in [-0.39, 0.29) is 0 Å². The highest BCUT2D eigenvalue weighted by atomic mass is 14.6. The van der Waals surface area contributed by atoms with Crippen molar-refractivity contribution in [3.05, 3.63) is 174 Å². The molecule has 0 spiro atoms. The Hall–Kier alpha value is -5.01. The molecule has 1 nitrogen and oxygen atoms in total. The second-order valence-electron chi connectivity index (χ2n) is 10.4. The van der Waals surface area contributed by atoms with Crippen molar-refractivity contribution >= 4 is 22.9 Å². The molecular weight excluding hydrogens is 482 g/mol. The van der Waals surface area contributed by atoms with Gasteiger partial charge in [-0.3, -0.25) is 4.98 Å². The van der Waals surface area contributed by atoms with Crippen LogP contribution in [0.3, 0.4) is 0 Å². The zero-order valence-electron chi connectivity index (χ0n) is 22.3. The van der Waals surface area contributed by atoms with Gasteiger partial charge in [0.15, 0.2) is 0 Å². The number of fused-ring (bicyclic) bond motifs is 4. The van der Waals surface area contributed by atoms with Crippen LogP contribution in [0, 0.1) is 0 Å². The van der Waals surface area contributed by atoms with E-state index in [0.717, 1.165) is 17.5 Å². The summed E-state index contributed by atoms with van der Waals surface area (Å²) in [7, 11) is 0. The summed E-state index contributed by atoms with van der Waals surface area (Å²) in [6, 6.07) is 31.2. The summed E-state index contributed by atoms with van der Waals surface area (Å²) in [6.45, 7) is 7.99. The van der Waals surface area contributed by atoms with Gasteiger partial charge in [0.2, 0.25) is 0 Å². The van der Waals surface area contributed by atoms with Crippen LogP contribution in [0.1, 0.15) is 34.2 Å². The fourth-order valence-corrected chi connectivity index (χ4v) is 6.56. The molecule has 5 aromatic rings. The van der Waals surface area contributed by atoms with Crippen LogP contribution in [0.5, 0.6) is 0 Å². The fraction of sp³-hybridized carbons (Fsp3) is 0.0513. The molecule has 7 rings (SSSR count). The zero-order chi connectivity index (χ0) is 27.1. The Morgan fingerprint density at radius 2 is 1.48 bits per heavy atom. The Balaban J connectivity index is 1.50. The molecule has 0 saturated carbocycles. The average Bonchev–Trinajstić information content (AvgIpc) is 3.13. The summed E-state index contributed by atoms with van der Waals surface area (Å²) >= 11 is 0. The van der Waals surface area contributed by atoms with Gasteiger partial charge in [0.25, 0.3) is 0 Å². The highest BCUT2D eigenvalue weighted by Crippen LogP contribution is 2.57. The predicted molar refractivity (Wildman–Crippen MR) is 170 cm³/mol. The topological polar surface area (TPSA) is 12.9 Å². The fourth-order valence-electron chi connectivity index (χ4n) is 6.56. The second kappa shape index (κ2) is 9.63. The molecule has 1 heterocycles. The molecule has 1 aromatic heterocycles. The quantitative estimate of drug-likeness (QED) is 0.229. The number of rotatable bonds is 5. The maximum atomic E-state index is 4.60. The van der Waals surface area contributed by atoms with E-state index < -0.39 is 5.41 Å². The first kappa shape index (κ1) is 24.1. The van der Waals surface area contributed by atoms with Crippen molar-refractivity contribution in [1.82, 2.24) is 4.98 Å². The molecule has 0 amide bonds. The van der Waals surface area contributed by atoms with E-state index >= 15 is 0 Å². The van der Waals surface area contributed by atoms with Crippen LogP contribution in [0.4, 0.5) is 0 Å². The number of aromatic nitrogens is 1. The Bertz CT molecular complexity index is 1900. The van der Waals surface area contributed by atoms with E-state index in [1.54, 1.807) is 0 Å². The van der Waals surface area contributed by atoms with Crippen molar-refractivity contribution in [3.8, 4) is 22.3 Å². The van der Waals surface area contributed by atoms with Gasteiger partial charge in [0.1, 0.15) is 0 Å². The van der Waals surface area contributed by atoms with E-state index in [9.17, 15) is 0 Å². The van der Waals surface area contributed by atoms with Crippen LogP contribution >= 0.6 is 0 Å². The lowest BCUT2D eigenvalue weighted by atomic mass is 9.67. The summed E-state index contributed by atoms with van der Waals surface area (Å²) in [6.07, 6.45) is 19.8. The highest BCUT2D eigenvalue weighted by molar-refractivity contribution is 5.93. The molecule has 40 heavy (non-hydrogen) atoms. The predicted octanol–water partition coefficient (Wildman–Crippen LogP) is 9.95. The van der Waals surface area contributed by atoms with Crippen LogP contribution < -0.4 is 0 Å². The molecule has 4 aromatic carbocycles. The minimum atomic E-state index is -0.454. The Morgan fingerprint density at radius 1 is 0.700 bits per heavy atom. The number of nitrogens with zero attached hydrogens (tertiary/aromatic N) is 1. The van der Waals surface area contributed by atoms with Gasteiger partial charge in [-0.25, -0.2) is 0 Å². The molecule has 2 aliphatic carbocycles. The lowest BCUT2D eigenvalue weighted by Crippen LogP contribution is -2.29. The lowest BCUT2D eigenvalue weighted by molar-refractivity contribution is 0.758. The third-order valence-electron chi connectivity index (χ3n) is 8.38. The first-order chi connectivity index (χ1) is 19.7. The normalized spacial score (nSPS) is 17.1. The van der Waals surface area contributed by atoms with Gasteiger partial charge in [-0.2, -0.15) is 0 Å². The molecule has 1 atom stereocenters. The number of allylic oxidation sites excluding steroid dienone is 6. The summed E-state index contributed by atoms with van der Waals surface area (Å²) in [4.78, 5) is 4.60. The summed E-state index contributed by atoms with van der Waals surface area (Å²) in [5.74, 6) is 0. The first-order valence-electron chi connectivity index (χ1n) is 13.8. The Labute approximate surface area is 235 Å². The van der Waals surface area contributed by atoms with Crippen molar-refractivity contribution in [3.63, 3.8) is 0 Å². The van der Waals surface area contributed by atoms with Crippen LogP contribution in [0.2, 0.25) is 0 Å². The third-order valence-corrected chi connectivity index (χ3v) is 8.38. The first-order valence-corrected chi connectivity index (χ1v) is 13.8. The van der Waals surface area contributed by atoms with Gasteiger partial charge in [-0.05, 0) is 103 Å². The van der Waals surface area contributed by atoms with Gasteiger partial charge in [0.05, 0.1) is 5.41 Å². The molecule has 1 heteroatoms. The SMILES string of the molecule is C=Cc1cc2ccc(-c3ccc4c(c3)C(C3=CCC=CC=C3)(c3cccnc3)c3ccccc3-4)cc2cc1C=C. The molecule has 190 valence electrons. The second-order valence-corrected chi connectivity index (χ2v) is 10.4. The molecular formula is C39H29N. The smallest absolute Gasteiger partial charge is 0.0725 e. The molecule has 0 radical (unpaired) electrons. The van der Waals surface area contributed by atoms with Crippen LogP contribution in [0.15, 0.2) is 146 Å². The monoisotopic (exact) mass is 511 g/mol. The van der Waals surface area contributed by atoms with Crippen LogP contribution in [-0.4, -0.2) is 4.98 Å². The summed E-state index contributed by atoms with van der Waals surface area (Å²) in [5.41, 5.74) is 11.8. The van der Waals surface area contributed by atoms with Gasteiger partial charge in [0, 0.05) is 12.4 Å². The van der Waals surface area contributed by atoms with E-state index in [1.165, 1.54) is 55.3 Å². The van der Waals surface area contributed by atoms with Crippen LogP contribution in [0.25, 0.3) is 45.2 Å². The number of hydrogen-bond donors (Lipinski definition) is 0. The molecule has 0 bridgehead atoms. The molecule has 0 N–H and O–H groups in total. The third kappa shape index (κ3) is 3.59. The maximum absolute atomic E-state index is 4.60. The van der Waals surface area contributed by atoms with Crippen molar-refractivity contribution in [1.29, 1.82) is 0 Å². The van der Waals surface area contributed by atoms with Gasteiger partial charge >= 0.3 is 0 Å². The maximum Gasteiger partial charge on any atom is 0.0725 e. The Morgan fingerprint density at radius 3 is 2.30 bits per heavy atom. The standard InChI is InChI=1S/C39H29N/c1-3-27-22-30-18-17-29(24-32(30)23-28(27)4-2)31-19-20-36-35-15-9-10-16-37(35)39(38(36)25-31,34-14-11-21-40-26-34)33-12-7-5-6-8-13-33/h3-7,9-26H,1-2,8H2. The van der Waals surface area contributed by atoms with Crippen molar-refractivity contribution in [2.45, 2.75) is 11.8 Å². The van der Waals surface area contributed by atoms with E-state index in [0.29, 0.717) is 0 Å². The lowest BCUT2D eigenvalue weighted by Gasteiger charge is -2.34. The van der Waals surface area contributed by atoms with Crippen molar-refractivity contribution in [2.75, 3.05) is 0 Å². The molecule has 2 aliphatic rings. The van der Waals surface area contributed by atoms with E-state index in [2.05, 4.69) is 133 Å². The van der Waals surface area contributed by atoms with Gasteiger partial charge < -0.3 is 0 Å². The van der Waals surface area contributed by atoms with Crippen molar-refractivity contribution in [2.24, 2.45) is 0 Å². The Kier molecular flexibility index (Phi) is 5.79. The zero-order valence-corrected chi connectivity index (χ0v) is 22.3. The molecule has 1 unspecified atom stereocenters. The number of pyridine rings is 1. The van der Waals surface area contributed by atoms with Crippen molar-refractivity contribution < 1.29 is 0 Å². The largest absolute Gasteiger partial charge is 0.264 e. The molecule has 0 saturated heterocycles. The van der Waals surface area contributed by atoms with E-state index in [1.807, 2.05) is 24.5 Å². The summed E-state index contributed by atoms with van der Waals surface area (Å²) in [5, 5.41) is 2.39. The average molecular weight is 512 g/mol. The van der Waals surface area contributed by atoms with E-state index in [4.69, 9.17) is 0 Å². The summed E-state index contributed by atoms with van der Waals surface area (Å²) < 4.78 is 0. The number of benzene rings is 4. The minimum Gasteiger partial charge on any atom is -0.264 e. The van der Waals surface area contributed by atoms with Gasteiger partial charge in [-0.15, -0.1) is 0 Å². The van der Waals surface area contributed by atoms with Crippen LogP contribution in [-0.2, 0) is 5.41 Å². The molecule has 0 aliphatic heterocycles. The van der Waals surface area contributed by atoms with Gasteiger partial charge in [-0.1, -0.05) is 110 Å². The highest BCUT2D eigenvalue weighted by Gasteiger charge is 2.46. The number of hydrogen-bond acceptors (Lipinski definition) is 1. The molecule has 0 fully saturated rings.